The lowest BCUT2D eigenvalue weighted by molar-refractivity contribution is 0.0305. The first-order valence-electron chi connectivity index (χ1n) is 5.32. The Balaban J connectivity index is 1.79. The second kappa shape index (κ2) is 3.71. The normalized spacial score (nSPS) is 28.4. The molecule has 0 aliphatic carbocycles. The van der Waals surface area contributed by atoms with Crippen LogP contribution < -0.4 is 4.90 Å². The van der Waals surface area contributed by atoms with Crippen molar-refractivity contribution in [1.82, 2.24) is 4.98 Å². The lowest BCUT2D eigenvalue weighted by atomic mass is 10.2. The molecule has 1 aromatic rings. The number of rotatable bonds is 2. The Morgan fingerprint density at radius 1 is 1.50 bits per heavy atom. The second-order valence-corrected chi connectivity index (χ2v) is 5.18. The molecule has 2 bridgehead atoms. The van der Waals surface area contributed by atoms with Gasteiger partial charge in [-0.2, -0.15) is 0 Å². The molecule has 0 aromatic carbocycles. The molecule has 2 atom stereocenters. The highest BCUT2D eigenvalue weighted by Gasteiger charge is 2.34. The Labute approximate surface area is 96.7 Å². The number of aromatic nitrogens is 1. The molecule has 16 heavy (non-hydrogen) atoms. The number of hydrogen-bond acceptors (Lipinski definition) is 5. The van der Waals surface area contributed by atoms with Gasteiger partial charge in [0.2, 0.25) is 0 Å². The van der Waals surface area contributed by atoms with Crippen LogP contribution in [0.4, 0.5) is 5.13 Å². The monoisotopic (exact) mass is 240 g/mol. The summed E-state index contributed by atoms with van der Waals surface area (Å²) in [6, 6.07) is 0. The molecule has 6 heteroatoms. The summed E-state index contributed by atoms with van der Waals surface area (Å²) in [5, 5.41) is 9.64. The highest BCUT2D eigenvalue weighted by atomic mass is 32.1. The van der Waals surface area contributed by atoms with Crippen LogP contribution in [0, 0.1) is 0 Å². The van der Waals surface area contributed by atoms with Gasteiger partial charge in [-0.05, 0) is 12.8 Å². The Hall–Kier alpha value is -1.14. The summed E-state index contributed by atoms with van der Waals surface area (Å²) in [7, 11) is 0. The first-order valence-corrected chi connectivity index (χ1v) is 6.13. The zero-order valence-electron chi connectivity index (χ0n) is 8.63. The van der Waals surface area contributed by atoms with Crippen molar-refractivity contribution in [2.75, 3.05) is 18.0 Å². The molecular formula is C10H12N2O3S. The summed E-state index contributed by atoms with van der Waals surface area (Å²) in [5.74, 6) is -0.903. The van der Waals surface area contributed by atoms with Crippen LogP contribution in [0.1, 0.15) is 22.5 Å². The fourth-order valence-electron chi connectivity index (χ4n) is 2.28. The number of carboxylic acid groups (broad SMARTS) is 1. The average molecular weight is 240 g/mol. The summed E-state index contributed by atoms with van der Waals surface area (Å²) in [4.78, 5) is 17.4. The average Bonchev–Trinajstić information content (AvgIpc) is 2.85. The summed E-state index contributed by atoms with van der Waals surface area (Å²) in [6.07, 6.45) is 4.25. The molecule has 2 aliphatic heterocycles. The van der Waals surface area contributed by atoms with Crippen LogP contribution in [-0.2, 0) is 4.74 Å². The molecule has 86 valence electrons. The van der Waals surface area contributed by atoms with Crippen molar-refractivity contribution >= 4 is 22.4 Å². The van der Waals surface area contributed by atoms with Crippen LogP contribution in [0.15, 0.2) is 6.20 Å². The number of anilines is 1. The molecule has 2 fully saturated rings. The number of carbonyl (C=O) groups is 1. The maximum atomic E-state index is 10.8. The number of ether oxygens (including phenoxy) is 1. The third kappa shape index (κ3) is 1.68. The number of morpholine rings is 1. The standard InChI is InChI=1S/C10H12N2O3S/c13-9(14)8-3-11-10(16-8)12-4-6-1-2-7(5-12)15-6/h3,6-7H,1-2,4-5H2,(H,13,14). The van der Waals surface area contributed by atoms with E-state index in [2.05, 4.69) is 9.88 Å². The third-order valence-corrected chi connectivity index (χ3v) is 4.06. The molecule has 3 heterocycles. The van der Waals surface area contributed by atoms with Crippen LogP contribution >= 0.6 is 11.3 Å². The first-order chi connectivity index (χ1) is 7.72. The SMILES string of the molecule is O=C(O)c1cnc(N2CC3CCC(C2)O3)s1. The summed E-state index contributed by atoms with van der Waals surface area (Å²) in [6.45, 7) is 1.67. The molecule has 2 saturated heterocycles. The van der Waals surface area contributed by atoms with E-state index in [-0.39, 0.29) is 0 Å². The quantitative estimate of drug-likeness (QED) is 0.841. The van der Waals surface area contributed by atoms with E-state index >= 15 is 0 Å². The number of nitrogens with zero attached hydrogens (tertiary/aromatic N) is 2. The topological polar surface area (TPSA) is 62.7 Å². The maximum Gasteiger partial charge on any atom is 0.347 e. The Morgan fingerprint density at radius 3 is 2.75 bits per heavy atom. The zero-order chi connectivity index (χ0) is 11.1. The molecule has 1 N–H and O–H groups in total. The van der Waals surface area contributed by atoms with Gasteiger partial charge >= 0.3 is 5.97 Å². The third-order valence-electron chi connectivity index (χ3n) is 3.02. The van der Waals surface area contributed by atoms with Gasteiger partial charge in [0.1, 0.15) is 4.88 Å². The van der Waals surface area contributed by atoms with E-state index in [9.17, 15) is 4.79 Å². The van der Waals surface area contributed by atoms with Gasteiger partial charge in [-0.1, -0.05) is 11.3 Å². The van der Waals surface area contributed by atoms with E-state index in [1.54, 1.807) is 0 Å². The van der Waals surface area contributed by atoms with E-state index < -0.39 is 5.97 Å². The molecule has 1 aromatic heterocycles. The van der Waals surface area contributed by atoms with Crippen LogP contribution in [0.25, 0.3) is 0 Å². The van der Waals surface area contributed by atoms with Crippen molar-refractivity contribution in [3.05, 3.63) is 11.1 Å². The largest absolute Gasteiger partial charge is 0.477 e. The first kappa shape index (κ1) is 10.0. The predicted molar refractivity (Wildman–Crippen MR) is 59.2 cm³/mol. The highest BCUT2D eigenvalue weighted by Crippen LogP contribution is 2.31. The Kier molecular flexibility index (Phi) is 2.33. The van der Waals surface area contributed by atoms with Crippen LogP contribution in [-0.4, -0.2) is 41.4 Å². The lowest BCUT2D eigenvalue weighted by Crippen LogP contribution is -2.42. The van der Waals surface area contributed by atoms with Crippen molar-refractivity contribution in [3.63, 3.8) is 0 Å². The van der Waals surface area contributed by atoms with Crippen molar-refractivity contribution < 1.29 is 14.6 Å². The number of hydrogen-bond donors (Lipinski definition) is 1. The van der Waals surface area contributed by atoms with Crippen molar-refractivity contribution in [1.29, 1.82) is 0 Å². The predicted octanol–water partition coefficient (Wildman–Crippen LogP) is 1.21. The number of aromatic carboxylic acids is 1. The Morgan fingerprint density at radius 2 is 2.19 bits per heavy atom. The van der Waals surface area contributed by atoms with E-state index in [4.69, 9.17) is 9.84 Å². The molecule has 2 unspecified atom stereocenters. The van der Waals surface area contributed by atoms with Gasteiger partial charge in [-0.15, -0.1) is 0 Å². The second-order valence-electron chi connectivity index (χ2n) is 4.17. The van der Waals surface area contributed by atoms with Crippen LogP contribution in [0.5, 0.6) is 0 Å². The molecule has 0 saturated carbocycles. The van der Waals surface area contributed by atoms with Gasteiger partial charge in [0.25, 0.3) is 0 Å². The maximum absolute atomic E-state index is 10.8. The number of carboxylic acids is 1. The molecule has 0 amide bonds. The molecule has 2 aliphatic rings. The molecule has 5 nitrogen and oxygen atoms in total. The van der Waals surface area contributed by atoms with Gasteiger partial charge in [0.05, 0.1) is 18.4 Å². The Bertz CT molecular complexity index is 408. The summed E-state index contributed by atoms with van der Waals surface area (Å²) >= 11 is 1.24. The van der Waals surface area contributed by atoms with Crippen molar-refractivity contribution in [2.45, 2.75) is 25.0 Å². The molecule has 0 spiro atoms. The summed E-state index contributed by atoms with van der Waals surface area (Å²) in [5.41, 5.74) is 0. The molecule has 3 rings (SSSR count). The van der Waals surface area contributed by atoms with E-state index in [0.717, 1.165) is 31.1 Å². The van der Waals surface area contributed by atoms with Crippen LogP contribution in [0.2, 0.25) is 0 Å². The van der Waals surface area contributed by atoms with E-state index in [0.29, 0.717) is 17.1 Å². The van der Waals surface area contributed by atoms with Crippen LogP contribution in [0.3, 0.4) is 0 Å². The van der Waals surface area contributed by atoms with Gasteiger partial charge in [-0.3, -0.25) is 0 Å². The summed E-state index contributed by atoms with van der Waals surface area (Å²) < 4.78 is 5.72. The van der Waals surface area contributed by atoms with Gasteiger partial charge < -0.3 is 14.7 Å². The van der Waals surface area contributed by atoms with Gasteiger partial charge in [-0.25, -0.2) is 9.78 Å². The number of fused-ring (bicyclic) bond motifs is 2. The lowest BCUT2D eigenvalue weighted by Gasteiger charge is -2.31. The van der Waals surface area contributed by atoms with Gasteiger partial charge in [0.15, 0.2) is 5.13 Å². The fourth-order valence-corrected chi connectivity index (χ4v) is 3.05. The smallest absolute Gasteiger partial charge is 0.347 e. The molecule has 0 radical (unpaired) electrons. The fraction of sp³-hybridized carbons (Fsp3) is 0.600. The van der Waals surface area contributed by atoms with Crippen molar-refractivity contribution in [2.24, 2.45) is 0 Å². The minimum Gasteiger partial charge on any atom is -0.477 e. The molecular weight excluding hydrogens is 228 g/mol. The minimum absolute atomic E-state index is 0.300. The van der Waals surface area contributed by atoms with Gasteiger partial charge in [0, 0.05) is 13.1 Å². The van der Waals surface area contributed by atoms with E-state index in [1.165, 1.54) is 17.5 Å². The zero-order valence-corrected chi connectivity index (χ0v) is 9.44. The highest BCUT2D eigenvalue weighted by molar-refractivity contribution is 7.17. The number of thiazole rings is 1. The van der Waals surface area contributed by atoms with E-state index in [1.807, 2.05) is 0 Å². The van der Waals surface area contributed by atoms with Crippen molar-refractivity contribution in [3.8, 4) is 0 Å². The minimum atomic E-state index is -0.903.